The summed E-state index contributed by atoms with van der Waals surface area (Å²) in [7, 11) is 0. The van der Waals surface area contributed by atoms with Gasteiger partial charge in [0.1, 0.15) is 0 Å². The van der Waals surface area contributed by atoms with Crippen molar-refractivity contribution < 1.29 is 0 Å². The molecule has 19 heavy (non-hydrogen) atoms. The second-order valence-corrected chi connectivity index (χ2v) is 8.59. The summed E-state index contributed by atoms with van der Waals surface area (Å²) in [4.78, 5) is 0. The van der Waals surface area contributed by atoms with Crippen LogP contribution in [0.3, 0.4) is 0 Å². The summed E-state index contributed by atoms with van der Waals surface area (Å²) in [5, 5.41) is 0. The summed E-state index contributed by atoms with van der Waals surface area (Å²) in [5.74, 6) is 4.17. The molecule has 3 fully saturated rings. The van der Waals surface area contributed by atoms with E-state index in [2.05, 4.69) is 26.0 Å². The Kier molecular flexibility index (Phi) is 2.71. The van der Waals surface area contributed by atoms with Crippen LogP contribution in [0.25, 0.3) is 0 Å². The van der Waals surface area contributed by atoms with Crippen molar-refractivity contribution in [2.75, 3.05) is 0 Å². The SMILES string of the molecule is C[C@@]12C=CC[C@@H]1[C@@H]1CCC3CCCC[C@]3(C)[C@H]1CC2. The van der Waals surface area contributed by atoms with Crippen molar-refractivity contribution in [3.05, 3.63) is 12.2 Å². The predicted octanol–water partition coefficient (Wildman–Crippen LogP) is 5.59. The van der Waals surface area contributed by atoms with Crippen LogP contribution in [0.1, 0.15) is 71.6 Å². The van der Waals surface area contributed by atoms with Gasteiger partial charge in [0.2, 0.25) is 0 Å². The summed E-state index contributed by atoms with van der Waals surface area (Å²) >= 11 is 0. The maximum absolute atomic E-state index is 2.68. The van der Waals surface area contributed by atoms with E-state index in [1.165, 1.54) is 38.5 Å². The van der Waals surface area contributed by atoms with Crippen LogP contribution in [0.4, 0.5) is 0 Å². The van der Waals surface area contributed by atoms with E-state index in [0.717, 1.165) is 23.7 Å². The lowest BCUT2D eigenvalue weighted by atomic mass is 9.45. The van der Waals surface area contributed by atoms with E-state index in [4.69, 9.17) is 0 Å². The Hall–Kier alpha value is -0.260. The van der Waals surface area contributed by atoms with E-state index in [1.807, 2.05) is 0 Å². The fourth-order valence-electron chi connectivity index (χ4n) is 6.78. The van der Waals surface area contributed by atoms with E-state index in [9.17, 15) is 0 Å². The van der Waals surface area contributed by atoms with Gasteiger partial charge in [0, 0.05) is 0 Å². The Morgan fingerprint density at radius 1 is 0.895 bits per heavy atom. The largest absolute Gasteiger partial charge is 0.0877 e. The van der Waals surface area contributed by atoms with Crippen molar-refractivity contribution in [3.8, 4) is 0 Å². The van der Waals surface area contributed by atoms with Gasteiger partial charge in [-0.25, -0.2) is 0 Å². The van der Waals surface area contributed by atoms with Crippen LogP contribution in [0.2, 0.25) is 0 Å². The molecule has 0 aromatic rings. The molecule has 0 saturated heterocycles. The van der Waals surface area contributed by atoms with Gasteiger partial charge in [-0.1, -0.05) is 38.8 Å². The topological polar surface area (TPSA) is 0 Å². The monoisotopic (exact) mass is 258 g/mol. The third-order valence-corrected chi connectivity index (χ3v) is 7.91. The number of hydrogen-bond donors (Lipinski definition) is 0. The zero-order valence-corrected chi connectivity index (χ0v) is 12.8. The maximum atomic E-state index is 2.68. The minimum absolute atomic E-state index is 0.568. The summed E-state index contributed by atoms with van der Waals surface area (Å²) < 4.78 is 0. The normalized spacial score (nSPS) is 56.3. The highest BCUT2D eigenvalue weighted by Gasteiger charge is 2.56. The van der Waals surface area contributed by atoms with Gasteiger partial charge in [-0.2, -0.15) is 0 Å². The standard InChI is InChI=1S/C19H30/c1-18-11-5-7-16(18)15-9-8-14-6-3-4-12-19(14,2)17(15)10-13-18/h5,11,14-17H,3-4,6-10,12-13H2,1-2H3/t14?,15-,16+,17-,18-,19-/m0/s1. The molecule has 0 heteroatoms. The van der Waals surface area contributed by atoms with Crippen molar-refractivity contribution >= 4 is 0 Å². The Balaban J connectivity index is 1.65. The van der Waals surface area contributed by atoms with E-state index in [1.54, 1.807) is 19.3 Å². The summed E-state index contributed by atoms with van der Waals surface area (Å²) in [5.41, 5.74) is 1.28. The van der Waals surface area contributed by atoms with Crippen LogP contribution in [0.5, 0.6) is 0 Å². The van der Waals surface area contributed by atoms with Gasteiger partial charge in [0.15, 0.2) is 0 Å². The average Bonchev–Trinajstić information content (AvgIpc) is 2.79. The number of allylic oxidation sites excluding steroid dienone is 2. The molecule has 0 amide bonds. The molecule has 4 aliphatic rings. The van der Waals surface area contributed by atoms with Crippen LogP contribution in [-0.2, 0) is 0 Å². The summed E-state index contributed by atoms with van der Waals surface area (Å²) in [6.45, 7) is 5.23. The molecule has 0 aromatic heterocycles. The lowest BCUT2D eigenvalue weighted by Crippen LogP contribution is -2.51. The molecule has 1 unspecified atom stereocenters. The van der Waals surface area contributed by atoms with Gasteiger partial charge in [-0.15, -0.1) is 0 Å². The van der Waals surface area contributed by atoms with Crippen LogP contribution in [0, 0.1) is 34.5 Å². The first kappa shape index (κ1) is 12.5. The molecule has 0 aliphatic heterocycles. The van der Waals surface area contributed by atoms with Crippen LogP contribution < -0.4 is 0 Å². The fourth-order valence-corrected chi connectivity index (χ4v) is 6.78. The lowest BCUT2D eigenvalue weighted by Gasteiger charge is -2.59. The first-order chi connectivity index (χ1) is 9.13. The van der Waals surface area contributed by atoms with Crippen LogP contribution in [0.15, 0.2) is 12.2 Å². The molecule has 0 bridgehead atoms. The Morgan fingerprint density at radius 2 is 1.79 bits per heavy atom. The van der Waals surface area contributed by atoms with E-state index in [0.29, 0.717) is 10.8 Å². The molecule has 4 aliphatic carbocycles. The molecule has 106 valence electrons. The van der Waals surface area contributed by atoms with Crippen molar-refractivity contribution in [2.45, 2.75) is 71.6 Å². The molecule has 3 saturated carbocycles. The molecule has 4 rings (SSSR count). The minimum Gasteiger partial charge on any atom is -0.0877 e. The quantitative estimate of drug-likeness (QED) is 0.497. The van der Waals surface area contributed by atoms with Gasteiger partial charge in [0.25, 0.3) is 0 Å². The third kappa shape index (κ3) is 1.64. The smallest absolute Gasteiger partial charge is 0.0112 e. The summed E-state index contributed by atoms with van der Waals surface area (Å²) in [6.07, 6.45) is 18.7. The van der Waals surface area contributed by atoms with Gasteiger partial charge >= 0.3 is 0 Å². The molecule has 0 aromatic carbocycles. The Morgan fingerprint density at radius 3 is 2.68 bits per heavy atom. The second kappa shape index (κ2) is 4.12. The maximum Gasteiger partial charge on any atom is -0.0112 e. The van der Waals surface area contributed by atoms with Crippen LogP contribution >= 0.6 is 0 Å². The second-order valence-electron chi connectivity index (χ2n) is 8.59. The molecule has 0 N–H and O–H groups in total. The molecular formula is C19H30. The number of fused-ring (bicyclic) bond motifs is 5. The highest BCUT2D eigenvalue weighted by Crippen LogP contribution is 2.64. The van der Waals surface area contributed by atoms with E-state index < -0.39 is 0 Å². The van der Waals surface area contributed by atoms with Gasteiger partial charge in [0.05, 0.1) is 0 Å². The van der Waals surface area contributed by atoms with Crippen molar-refractivity contribution in [3.63, 3.8) is 0 Å². The fraction of sp³-hybridized carbons (Fsp3) is 0.895. The zero-order valence-electron chi connectivity index (χ0n) is 12.8. The molecule has 0 radical (unpaired) electrons. The number of hydrogen-bond acceptors (Lipinski definition) is 0. The summed E-state index contributed by atoms with van der Waals surface area (Å²) in [6, 6.07) is 0. The lowest BCUT2D eigenvalue weighted by molar-refractivity contribution is -0.0969. The Bertz CT molecular complexity index is 395. The van der Waals surface area contributed by atoms with E-state index >= 15 is 0 Å². The molecule has 6 atom stereocenters. The first-order valence-corrected chi connectivity index (χ1v) is 8.81. The van der Waals surface area contributed by atoms with Gasteiger partial charge in [-0.3, -0.25) is 0 Å². The minimum atomic E-state index is 0.568. The molecule has 0 heterocycles. The van der Waals surface area contributed by atoms with E-state index in [-0.39, 0.29) is 0 Å². The third-order valence-electron chi connectivity index (χ3n) is 7.91. The van der Waals surface area contributed by atoms with Crippen molar-refractivity contribution in [1.82, 2.24) is 0 Å². The average molecular weight is 258 g/mol. The first-order valence-electron chi connectivity index (χ1n) is 8.81. The highest BCUT2D eigenvalue weighted by atomic mass is 14.6. The number of rotatable bonds is 0. The molecular weight excluding hydrogens is 228 g/mol. The van der Waals surface area contributed by atoms with Gasteiger partial charge in [-0.05, 0) is 79.4 Å². The Labute approximate surface area is 119 Å². The molecule has 0 nitrogen and oxygen atoms in total. The zero-order chi connectivity index (χ0) is 13.1. The van der Waals surface area contributed by atoms with Crippen LogP contribution in [-0.4, -0.2) is 0 Å². The van der Waals surface area contributed by atoms with Crippen molar-refractivity contribution in [2.24, 2.45) is 34.5 Å². The van der Waals surface area contributed by atoms with Gasteiger partial charge < -0.3 is 0 Å². The predicted molar refractivity (Wildman–Crippen MR) is 80.9 cm³/mol. The molecule has 0 spiro atoms. The highest BCUT2D eigenvalue weighted by molar-refractivity contribution is 5.16. The van der Waals surface area contributed by atoms with Crippen molar-refractivity contribution in [1.29, 1.82) is 0 Å².